The molecular formula is C16H18N2O3. The van der Waals surface area contributed by atoms with Crippen LogP contribution in [0.4, 0.5) is 0 Å². The van der Waals surface area contributed by atoms with E-state index in [1.165, 1.54) is 0 Å². The van der Waals surface area contributed by atoms with E-state index < -0.39 is 5.97 Å². The number of carbonyl (C=O) groups excluding carboxylic acids is 2. The van der Waals surface area contributed by atoms with Gasteiger partial charge in [-0.25, -0.2) is 4.79 Å². The van der Waals surface area contributed by atoms with Gasteiger partial charge in [0.25, 0.3) is 5.91 Å². The number of hydrogen-bond donors (Lipinski definition) is 1. The molecule has 0 spiro atoms. The molecule has 0 atom stereocenters. The molecule has 0 unspecified atom stereocenters. The minimum atomic E-state index is -0.511. The maximum atomic E-state index is 11.9. The normalized spacial score (nSPS) is 10.4. The monoisotopic (exact) mass is 286 g/mol. The molecular weight excluding hydrogens is 268 g/mol. The predicted molar refractivity (Wildman–Crippen MR) is 79.3 cm³/mol. The van der Waals surface area contributed by atoms with Gasteiger partial charge < -0.3 is 14.6 Å². The molecule has 2 rings (SSSR count). The van der Waals surface area contributed by atoms with Crippen LogP contribution in [0.25, 0.3) is 5.69 Å². The lowest BCUT2D eigenvalue weighted by molar-refractivity contribution is -0.124. The van der Waals surface area contributed by atoms with Gasteiger partial charge in [-0.3, -0.25) is 4.79 Å². The van der Waals surface area contributed by atoms with Crippen molar-refractivity contribution in [3.8, 4) is 5.69 Å². The zero-order chi connectivity index (χ0) is 15.2. The Balaban J connectivity index is 2.00. The molecule has 5 nitrogen and oxygen atoms in total. The number of nitrogens with one attached hydrogen (secondary N) is 1. The topological polar surface area (TPSA) is 60.3 Å². The van der Waals surface area contributed by atoms with Crippen molar-refractivity contribution in [3.05, 3.63) is 54.4 Å². The summed E-state index contributed by atoms with van der Waals surface area (Å²) in [5, 5.41) is 2.66. The SMILES string of the molecule is CC(C)NC(=O)COC(=O)c1cccc(-n2cccc2)c1. The minimum Gasteiger partial charge on any atom is -0.452 e. The molecule has 21 heavy (non-hydrogen) atoms. The van der Waals surface area contributed by atoms with Crippen molar-refractivity contribution in [2.75, 3.05) is 6.61 Å². The largest absolute Gasteiger partial charge is 0.452 e. The van der Waals surface area contributed by atoms with Crippen molar-refractivity contribution in [3.63, 3.8) is 0 Å². The zero-order valence-electron chi connectivity index (χ0n) is 12.1. The Morgan fingerprint density at radius 2 is 1.90 bits per heavy atom. The molecule has 1 aromatic heterocycles. The number of hydrogen-bond acceptors (Lipinski definition) is 3. The van der Waals surface area contributed by atoms with Gasteiger partial charge in [0.2, 0.25) is 0 Å². The summed E-state index contributed by atoms with van der Waals surface area (Å²) < 4.78 is 6.89. The molecule has 0 radical (unpaired) electrons. The van der Waals surface area contributed by atoms with Gasteiger partial charge in [0.05, 0.1) is 5.56 Å². The summed E-state index contributed by atoms with van der Waals surface area (Å²) in [6, 6.07) is 10.9. The number of aromatic nitrogens is 1. The fraction of sp³-hybridized carbons (Fsp3) is 0.250. The van der Waals surface area contributed by atoms with E-state index >= 15 is 0 Å². The van der Waals surface area contributed by atoms with Gasteiger partial charge in [0, 0.05) is 24.1 Å². The lowest BCUT2D eigenvalue weighted by Gasteiger charge is -2.09. The van der Waals surface area contributed by atoms with Crippen LogP contribution >= 0.6 is 0 Å². The first-order chi connectivity index (χ1) is 10.1. The van der Waals surface area contributed by atoms with Gasteiger partial charge in [-0.1, -0.05) is 6.07 Å². The molecule has 0 saturated heterocycles. The van der Waals surface area contributed by atoms with Gasteiger partial charge in [0.15, 0.2) is 6.61 Å². The molecule has 0 aliphatic rings. The van der Waals surface area contributed by atoms with Crippen LogP contribution < -0.4 is 5.32 Å². The van der Waals surface area contributed by atoms with Gasteiger partial charge in [0.1, 0.15) is 0 Å². The number of nitrogens with zero attached hydrogens (tertiary/aromatic N) is 1. The van der Waals surface area contributed by atoms with Crippen molar-refractivity contribution in [2.24, 2.45) is 0 Å². The van der Waals surface area contributed by atoms with Gasteiger partial charge in [-0.05, 0) is 44.2 Å². The Morgan fingerprint density at radius 1 is 1.19 bits per heavy atom. The van der Waals surface area contributed by atoms with E-state index in [1.807, 2.05) is 49.0 Å². The Morgan fingerprint density at radius 3 is 2.57 bits per heavy atom. The van der Waals surface area contributed by atoms with E-state index in [1.54, 1.807) is 18.2 Å². The zero-order valence-corrected chi connectivity index (χ0v) is 12.1. The Bertz CT molecular complexity index is 618. The standard InChI is InChI=1S/C16H18N2O3/c1-12(2)17-15(19)11-21-16(20)13-6-5-7-14(10-13)18-8-3-4-9-18/h3-10,12H,11H2,1-2H3,(H,17,19). The fourth-order valence-corrected chi connectivity index (χ4v) is 1.88. The molecule has 1 amide bonds. The van der Waals surface area contributed by atoms with Crippen molar-refractivity contribution >= 4 is 11.9 Å². The molecule has 0 saturated carbocycles. The van der Waals surface area contributed by atoms with Crippen molar-refractivity contribution in [1.29, 1.82) is 0 Å². The number of esters is 1. The molecule has 1 heterocycles. The van der Waals surface area contributed by atoms with E-state index in [2.05, 4.69) is 5.32 Å². The van der Waals surface area contributed by atoms with E-state index in [0.717, 1.165) is 5.69 Å². The summed E-state index contributed by atoms with van der Waals surface area (Å²) >= 11 is 0. The second kappa shape index (κ2) is 6.74. The number of rotatable bonds is 5. The third-order valence-electron chi connectivity index (χ3n) is 2.77. The first kappa shape index (κ1) is 14.8. The highest BCUT2D eigenvalue weighted by Gasteiger charge is 2.11. The maximum Gasteiger partial charge on any atom is 0.338 e. The quantitative estimate of drug-likeness (QED) is 0.857. The van der Waals surface area contributed by atoms with E-state index in [9.17, 15) is 9.59 Å². The first-order valence-corrected chi connectivity index (χ1v) is 6.76. The highest BCUT2D eigenvalue weighted by atomic mass is 16.5. The van der Waals surface area contributed by atoms with Crippen molar-refractivity contribution < 1.29 is 14.3 Å². The maximum absolute atomic E-state index is 11.9. The van der Waals surface area contributed by atoms with Gasteiger partial charge in [-0.15, -0.1) is 0 Å². The summed E-state index contributed by atoms with van der Waals surface area (Å²) in [5.74, 6) is -0.817. The highest BCUT2D eigenvalue weighted by Crippen LogP contribution is 2.11. The number of carbonyl (C=O) groups is 2. The Labute approximate surface area is 123 Å². The summed E-state index contributed by atoms with van der Waals surface area (Å²) in [5.41, 5.74) is 1.28. The lowest BCUT2D eigenvalue weighted by Crippen LogP contribution is -2.33. The molecule has 5 heteroatoms. The van der Waals surface area contributed by atoms with Gasteiger partial charge >= 0.3 is 5.97 Å². The van der Waals surface area contributed by atoms with Gasteiger partial charge in [-0.2, -0.15) is 0 Å². The Hall–Kier alpha value is -2.56. The first-order valence-electron chi connectivity index (χ1n) is 6.76. The number of amides is 1. The average Bonchev–Trinajstić information content (AvgIpc) is 2.98. The van der Waals surface area contributed by atoms with E-state index in [4.69, 9.17) is 4.74 Å². The van der Waals surface area contributed by atoms with Crippen LogP contribution in [0.2, 0.25) is 0 Å². The predicted octanol–water partition coefficient (Wildman–Crippen LogP) is 2.16. The third-order valence-corrected chi connectivity index (χ3v) is 2.77. The third kappa shape index (κ3) is 4.21. The van der Waals surface area contributed by atoms with Crippen molar-refractivity contribution in [1.82, 2.24) is 9.88 Å². The summed E-state index contributed by atoms with van der Waals surface area (Å²) in [7, 11) is 0. The van der Waals surface area contributed by atoms with Crippen LogP contribution in [-0.2, 0) is 9.53 Å². The molecule has 2 aromatic rings. The molecule has 1 N–H and O–H groups in total. The van der Waals surface area contributed by atoms with Crippen LogP contribution in [0.15, 0.2) is 48.8 Å². The van der Waals surface area contributed by atoms with E-state index in [0.29, 0.717) is 5.56 Å². The van der Waals surface area contributed by atoms with Crippen LogP contribution in [0.5, 0.6) is 0 Å². The second-order valence-electron chi connectivity index (χ2n) is 4.94. The van der Waals surface area contributed by atoms with Crippen molar-refractivity contribution in [2.45, 2.75) is 19.9 Å². The minimum absolute atomic E-state index is 0.0215. The lowest BCUT2D eigenvalue weighted by atomic mass is 10.2. The van der Waals surface area contributed by atoms with Crippen LogP contribution in [0, 0.1) is 0 Å². The summed E-state index contributed by atoms with van der Waals surface area (Å²) in [4.78, 5) is 23.4. The Kier molecular flexibility index (Phi) is 4.77. The molecule has 0 aliphatic carbocycles. The molecule has 110 valence electrons. The van der Waals surface area contributed by atoms with Crippen LogP contribution in [0.3, 0.4) is 0 Å². The summed E-state index contributed by atoms with van der Waals surface area (Å²) in [6.45, 7) is 3.42. The van der Waals surface area contributed by atoms with Crippen LogP contribution in [-0.4, -0.2) is 29.1 Å². The number of ether oxygens (including phenoxy) is 1. The fourth-order valence-electron chi connectivity index (χ4n) is 1.88. The van der Waals surface area contributed by atoms with Crippen LogP contribution in [0.1, 0.15) is 24.2 Å². The molecule has 0 fully saturated rings. The number of benzene rings is 1. The smallest absolute Gasteiger partial charge is 0.338 e. The highest BCUT2D eigenvalue weighted by molar-refractivity contribution is 5.91. The second-order valence-corrected chi connectivity index (χ2v) is 4.94. The molecule has 0 bridgehead atoms. The molecule has 0 aliphatic heterocycles. The average molecular weight is 286 g/mol. The van der Waals surface area contributed by atoms with E-state index in [-0.39, 0.29) is 18.6 Å². The molecule has 1 aromatic carbocycles. The summed E-state index contributed by atoms with van der Waals surface area (Å²) in [6.07, 6.45) is 3.78.